The Labute approximate surface area is 115 Å². The number of rotatable bonds is 4. The summed E-state index contributed by atoms with van der Waals surface area (Å²) in [5, 5.41) is 2.68. The normalized spacial score (nSPS) is 10.3. The molecule has 1 N–H and O–H groups in total. The van der Waals surface area contributed by atoms with Gasteiger partial charge in [-0.15, -0.1) is 0 Å². The van der Waals surface area contributed by atoms with Crippen LogP contribution in [-0.2, 0) is 18.3 Å². The zero-order valence-electron chi connectivity index (χ0n) is 11.1. The lowest BCUT2D eigenvalue weighted by atomic mass is 10.1. The minimum absolute atomic E-state index is 0.144. The van der Waals surface area contributed by atoms with Crippen LogP contribution in [0.15, 0.2) is 47.4 Å². The molecule has 5 heteroatoms. The minimum Gasteiger partial charge on any atom is -0.325 e. The molecule has 0 fully saturated rings. The molecule has 1 heterocycles. The lowest BCUT2D eigenvalue weighted by Crippen LogP contribution is -2.18. The van der Waals surface area contributed by atoms with Gasteiger partial charge in [-0.25, -0.2) is 4.39 Å². The number of carbonyl (C=O) groups is 1. The number of nitrogens with zero attached hydrogens (tertiary/aromatic N) is 1. The van der Waals surface area contributed by atoms with Crippen LogP contribution in [0.3, 0.4) is 0 Å². The van der Waals surface area contributed by atoms with Crippen molar-refractivity contribution in [3.8, 4) is 0 Å². The van der Waals surface area contributed by atoms with Crippen molar-refractivity contribution in [3.05, 3.63) is 64.3 Å². The van der Waals surface area contributed by atoms with Crippen LogP contribution in [0, 0.1) is 5.82 Å². The van der Waals surface area contributed by atoms with Crippen molar-refractivity contribution < 1.29 is 9.18 Å². The highest BCUT2D eigenvalue weighted by atomic mass is 19.1. The summed E-state index contributed by atoms with van der Waals surface area (Å²) in [6, 6.07) is 9.32. The molecule has 1 amide bonds. The highest BCUT2D eigenvalue weighted by Crippen LogP contribution is 2.10. The molecule has 0 bridgehead atoms. The Morgan fingerprint density at radius 1 is 1.25 bits per heavy atom. The average Bonchev–Trinajstić information content (AvgIpc) is 2.42. The molecule has 2 aromatic rings. The van der Waals surface area contributed by atoms with Gasteiger partial charge >= 0.3 is 0 Å². The van der Waals surface area contributed by atoms with Crippen molar-refractivity contribution in [1.82, 2.24) is 4.57 Å². The Morgan fingerprint density at radius 3 is 2.70 bits per heavy atom. The fourth-order valence-electron chi connectivity index (χ4n) is 1.84. The van der Waals surface area contributed by atoms with Gasteiger partial charge in [-0.05, 0) is 24.1 Å². The lowest BCUT2D eigenvalue weighted by Gasteiger charge is -2.07. The fourth-order valence-corrected chi connectivity index (χ4v) is 1.84. The molecule has 0 radical (unpaired) electrons. The molecule has 20 heavy (non-hydrogen) atoms. The summed E-state index contributed by atoms with van der Waals surface area (Å²) < 4.78 is 14.8. The molecule has 0 saturated heterocycles. The first-order valence-corrected chi connectivity index (χ1v) is 6.26. The third-order valence-corrected chi connectivity index (χ3v) is 2.95. The highest BCUT2D eigenvalue weighted by molar-refractivity contribution is 5.90. The van der Waals surface area contributed by atoms with Crippen LogP contribution in [0.25, 0.3) is 0 Å². The molecule has 0 spiro atoms. The van der Waals surface area contributed by atoms with Crippen molar-refractivity contribution in [1.29, 1.82) is 0 Å². The summed E-state index contributed by atoms with van der Waals surface area (Å²) in [5.41, 5.74) is 0.920. The summed E-state index contributed by atoms with van der Waals surface area (Å²) >= 11 is 0. The van der Waals surface area contributed by atoms with Gasteiger partial charge in [-0.2, -0.15) is 0 Å². The Morgan fingerprint density at radius 2 is 2.00 bits per heavy atom. The molecule has 0 aliphatic carbocycles. The quantitative estimate of drug-likeness (QED) is 0.928. The van der Waals surface area contributed by atoms with Crippen LogP contribution in [0.5, 0.6) is 0 Å². The van der Waals surface area contributed by atoms with Gasteiger partial charge in [-0.1, -0.05) is 18.2 Å². The maximum absolute atomic E-state index is 13.4. The van der Waals surface area contributed by atoms with Gasteiger partial charge in [0, 0.05) is 25.7 Å². The number of amides is 1. The molecule has 4 nitrogen and oxygen atoms in total. The molecule has 104 valence electrons. The van der Waals surface area contributed by atoms with E-state index in [1.165, 1.54) is 16.7 Å². The first kappa shape index (κ1) is 14.0. The standard InChI is InChI=1S/C15H15FN2O2/c1-18-10-12(7-9-15(18)20)17-14(19)8-6-11-4-2-3-5-13(11)16/h2-5,7,9-10H,6,8H2,1H3,(H,17,19). The van der Waals surface area contributed by atoms with Gasteiger partial charge in [0.25, 0.3) is 0 Å². The van der Waals surface area contributed by atoms with Gasteiger partial charge in [0.05, 0.1) is 5.69 Å². The Bertz CT molecular complexity index is 680. The number of hydrogen-bond donors (Lipinski definition) is 1. The predicted octanol–water partition coefficient (Wildman–Crippen LogP) is 2.10. The summed E-state index contributed by atoms with van der Waals surface area (Å²) in [4.78, 5) is 23.0. The Balaban J connectivity index is 1.94. The molecule has 1 aromatic heterocycles. The summed E-state index contributed by atoms with van der Waals surface area (Å²) in [7, 11) is 1.61. The number of carbonyl (C=O) groups excluding carboxylic acids is 1. The summed E-state index contributed by atoms with van der Waals surface area (Å²) in [6.07, 6.45) is 2.07. The fraction of sp³-hybridized carbons (Fsp3) is 0.200. The lowest BCUT2D eigenvalue weighted by molar-refractivity contribution is -0.116. The Hall–Kier alpha value is -2.43. The van der Waals surface area contributed by atoms with Crippen molar-refractivity contribution in [2.75, 3.05) is 5.32 Å². The summed E-state index contributed by atoms with van der Waals surface area (Å²) in [5.74, 6) is -0.519. The zero-order chi connectivity index (χ0) is 14.5. The second-order valence-corrected chi connectivity index (χ2v) is 4.51. The van der Waals surface area contributed by atoms with E-state index >= 15 is 0 Å². The predicted molar refractivity (Wildman–Crippen MR) is 75.0 cm³/mol. The van der Waals surface area contributed by atoms with E-state index in [1.54, 1.807) is 37.5 Å². The van der Waals surface area contributed by atoms with E-state index < -0.39 is 0 Å². The molecule has 1 aromatic carbocycles. The van der Waals surface area contributed by atoms with E-state index in [9.17, 15) is 14.0 Å². The molecule has 0 atom stereocenters. The van der Waals surface area contributed by atoms with Gasteiger partial charge in [0.2, 0.25) is 11.5 Å². The van der Waals surface area contributed by atoms with E-state index in [1.807, 2.05) is 0 Å². The number of halogens is 1. The van der Waals surface area contributed by atoms with Crippen molar-refractivity contribution in [3.63, 3.8) is 0 Å². The van der Waals surface area contributed by atoms with E-state index in [-0.39, 0.29) is 23.7 Å². The van der Waals surface area contributed by atoms with Crippen molar-refractivity contribution in [2.45, 2.75) is 12.8 Å². The maximum Gasteiger partial charge on any atom is 0.250 e. The third-order valence-electron chi connectivity index (χ3n) is 2.95. The SMILES string of the molecule is Cn1cc(NC(=O)CCc2ccccc2F)ccc1=O. The number of aryl methyl sites for hydroxylation is 2. The number of pyridine rings is 1. The number of nitrogens with one attached hydrogen (secondary N) is 1. The average molecular weight is 274 g/mol. The zero-order valence-corrected chi connectivity index (χ0v) is 11.1. The molecular formula is C15H15FN2O2. The smallest absolute Gasteiger partial charge is 0.250 e. The van der Waals surface area contributed by atoms with Gasteiger partial charge < -0.3 is 9.88 Å². The number of benzene rings is 1. The molecule has 0 unspecified atom stereocenters. The molecule has 0 saturated carbocycles. The summed E-state index contributed by atoms with van der Waals surface area (Å²) in [6.45, 7) is 0. The van der Waals surface area contributed by atoms with E-state index in [0.29, 0.717) is 17.7 Å². The molecule has 0 aliphatic rings. The van der Waals surface area contributed by atoms with E-state index in [2.05, 4.69) is 5.32 Å². The number of anilines is 1. The molecule has 2 rings (SSSR count). The third kappa shape index (κ3) is 3.54. The van der Waals surface area contributed by atoms with Gasteiger partial charge in [0.1, 0.15) is 5.82 Å². The van der Waals surface area contributed by atoms with Crippen molar-refractivity contribution >= 4 is 11.6 Å². The van der Waals surface area contributed by atoms with Crippen molar-refractivity contribution in [2.24, 2.45) is 7.05 Å². The maximum atomic E-state index is 13.4. The van der Waals surface area contributed by atoms with Crippen LogP contribution >= 0.6 is 0 Å². The topological polar surface area (TPSA) is 51.1 Å². The molecule has 0 aliphatic heterocycles. The monoisotopic (exact) mass is 274 g/mol. The van der Waals surface area contributed by atoms with E-state index in [0.717, 1.165) is 0 Å². The first-order chi connectivity index (χ1) is 9.56. The second kappa shape index (κ2) is 6.14. The van der Waals surface area contributed by atoms with Gasteiger partial charge in [-0.3, -0.25) is 9.59 Å². The van der Waals surface area contributed by atoms with Crippen LogP contribution in [-0.4, -0.2) is 10.5 Å². The van der Waals surface area contributed by atoms with Crippen LogP contribution in [0.4, 0.5) is 10.1 Å². The number of hydrogen-bond acceptors (Lipinski definition) is 2. The minimum atomic E-state index is -0.303. The molecular weight excluding hydrogens is 259 g/mol. The first-order valence-electron chi connectivity index (χ1n) is 6.26. The van der Waals surface area contributed by atoms with E-state index in [4.69, 9.17) is 0 Å². The van der Waals surface area contributed by atoms with Crippen LogP contribution in [0.1, 0.15) is 12.0 Å². The second-order valence-electron chi connectivity index (χ2n) is 4.51. The van der Waals surface area contributed by atoms with Crippen LogP contribution < -0.4 is 10.9 Å². The van der Waals surface area contributed by atoms with Crippen LogP contribution in [0.2, 0.25) is 0 Å². The largest absolute Gasteiger partial charge is 0.325 e. The Kier molecular flexibility index (Phi) is 4.30. The van der Waals surface area contributed by atoms with Gasteiger partial charge in [0.15, 0.2) is 0 Å². The number of aromatic nitrogens is 1. The highest BCUT2D eigenvalue weighted by Gasteiger charge is 2.06.